The van der Waals surface area contributed by atoms with Gasteiger partial charge in [-0.05, 0) is 12.8 Å². The molecule has 118 valence electrons. The van der Waals surface area contributed by atoms with E-state index in [4.69, 9.17) is 15.2 Å². The van der Waals surface area contributed by atoms with Gasteiger partial charge in [-0.15, -0.1) is 0 Å². The summed E-state index contributed by atoms with van der Waals surface area (Å²) in [6, 6.07) is 0. The Balaban J connectivity index is 1.95. The van der Waals surface area contributed by atoms with E-state index in [2.05, 4.69) is 15.2 Å². The molecule has 1 aromatic heterocycles. The molecule has 7 nitrogen and oxygen atoms in total. The zero-order chi connectivity index (χ0) is 15.2. The number of ether oxygens (including phenoxy) is 2. The molecule has 1 amide bonds. The highest BCUT2D eigenvalue weighted by Crippen LogP contribution is 2.30. The van der Waals surface area contributed by atoms with Crippen LogP contribution in [0.3, 0.4) is 0 Å². The molecule has 1 aliphatic rings. The number of thiazole rings is 1. The molecule has 3 N–H and O–H groups in total. The second kappa shape index (κ2) is 7.58. The Kier molecular flexibility index (Phi) is 5.77. The van der Waals surface area contributed by atoms with Crippen LogP contribution in [0.4, 0.5) is 10.9 Å². The smallest absolute Gasteiger partial charge is 0.265 e. The van der Waals surface area contributed by atoms with Crippen LogP contribution in [0.5, 0.6) is 0 Å². The number of anilines is 2. The van der Waals surface area contributed by atoms with Gasteiger partial charge in [0, 0.05) is 33.9 Å². The van der Waals surface area contributed by atoms with E-state index in [1.54, 1.807) is 14.2 Å². The summed E-state index contributed by atoms with van der Waals surface area (Å²) in [7, 11) is 3.18. The summed E-state index contributed by atoms with van der Waals surface area (Å²) in [6.07, 6.45) is 2.15. The number of amides is 1. The zero-order valence-corrected chi connectivity index (χ0v) is 13.2. The number of hydrogen-bond donors (Lipinski definition) is 2. The number of nitrogens with zero attached hydrogens (tertiary/aromatic N) is 2. The van der Waals surface area contributed by atoms with Crippen LogP contribution in [0.1, 0.15) is 22.5 Å². The lowest BCUT2D eigenvalue weighted by molar-refractivity contribution is 0.0286. The maximum Gasteiger partial charge on any atom is 0.265 e. The minimum absolute atomic E-state index is 0.175. The molecule has 1 aromatic rings. The van der Waals surface area contributed by atoms with Crippen molar-refractivity contribution in [1.82, 2.24) is 10.3 Å². The van der Waals surface area contributed by atoms with Gasteiger partial charge in [0.25, 0.3) is 5.91 Å². The first kappa shape index (κ1) is 16.0. The average molecular weight is 314 g/mol. The molecule has 1 atom stereocenters. The molecule has 0 aromatic carbocycles. The van der Waals surface area contributed by atoms with Crippen LogP contribution in [-0.2, 0) is 9.47 Å². The number of carbonyl (C=O) groups is 1. The van der Waals surface area contributed by atoms with E-state index in [0.717, 1.165) is 31.1 Å². The van der Waals surface area contributed by atoms with E-state index in [1.165, 1.54) is 11.3 Å². The summed E-state index contributed by atoms with van der Waals surface area (Å²) < 4.78 is 10.2. The van der Waals surface area contributed by atoms with Gasteiger partial charge in [-0.2, -0.15) is 0 Å². The van der Waals surface area contributed by atoms with Crippen LogP contribution >= 0.6 is 11.3 Å². The summed E-state index contributed by atoms with van der Waals surface area (Å²) in [4.78, 5) is 19.1. The van der Waals surface area contributed by atoms with Crippen molar-refractivity contribution in [1.29, 1.82) is 0 Å². The van der Waals surface area contributed by atoms with E-state index in [0.29, 0.717) is 23.8 Å². The Labute approximate surface area is 128 Å². The molecule has 1 unspecified atom stereocenters. The molecular formula is C13H22N4O3S. The van der Waals surface area contributed by atoms with Crippen LogP contribution in [0.25, 0.3) is 0 Å². The van der Waals surface area contributed by atoms with Gasteiger partial charge in [0.2, 0.25) is 0 Å². The number of rotatable bonds is 7. The van der Waals surface area contributed by atoms with Crippen molar-refractivity contribution < 1.29 is 14.3 Å². The third kappa shape index (κ3) is 4.05. The largest absolute Gasteiger partial charge is 0.382 e. The lowest BCUT2D eigenvalue weighted by atomic mass is 10.3. The van der Waals surface area contributed by atoms with Crippen molar-refractivity contribution in [2.45, 2.75) is 18.9 Å². The highest BCUT2D eigenvalue weighted by atomic mass is 32.1. The van der Waals surface area contributed by atoms with Gasteiger partial charge in [-0.3, -0.25) is 4.79 Å². The summed E-state index contributed by atoms with van der Waals surface area (Å²) in [5, 5.41) is 3.64. The van der Waals surface area contributed by atoms with Gasteiger partial charge in [-0.1, -0.05) is 11.3 Å². The second-order valence-corrected chi connectivity index (χ2v) is 5.91. The molecule has 2 heterocycles. The normalized spacial score (nSPS) is 16.2. The van der Waals surface area contributed by atoms with Crippen molar-refractivity contribution in [3.63, 3.8) is 0 Å². The van der Waals surface area contributed by atoms with Crippen LogP contribution in [0.2, 0.25) is 0 Å². The van der Waals surface area contributed by atoms with Crippen LogP contribution in [0, 0.1) is 0 Å². The highest BCUT2D eigenvalue weighted by Gasteiger charge is 2.22. The summed E-state index contributed by atoms with van der Waals surface area (Å²) in [6.45, 7) is 2.76. The maximum atomic E-state index is 12.2. The fraction of sp³-hybridized carbons (Fsp3) is 0.692. The maximum absolute atomic E-state index is 12.2. The molecule has 0 aliphatic carbocycles. The number of nitrogens with two attached hydrogens (primary N) is 1. The Morgan fingerprint density at radius 1 is 1.48 bits per heavy atom. The Morgan fingerprint density at radius 3 is 2.81 bits per heavy atom. The Morgan fingerprint density at radius 2 is 2.19 bits per heavy atom. The van der Waals surface area contributed by atoms with Gasteiger partial charge < -0.3 is 25.4 Å². The molecule has 1 aliphatic heterocycles. The van der Waals surface area contributed by atoms with Crippen molar-refractivity contribution in [2.24, 2.45) is 0 Å². The van der Waals surface area contributed by atoms with Crippen LogP contribution in [0.15, 0.2) is 0 Å². The Hall–Kier alpha value is -1.38. The van der Waals surface area contributed by atoms with Gasteiger partial charge in [0.1, 0.15) is 10.7 Å². The minimum atomic E-state index is -0.214. The number of nitrogens with one attached hydrogen (secondary N) is 1. The highest BCUT2D eigenvalue weighted by molar-refractivity contribution is 7.18. The quantitative estimate of drug-likeness (QED) is 0.771. The van der Waals surface area contributed by atoms with Gasteiger partial charge in [0.15, 0.2) is 5.13 Å². The summed E-state index contributed by atoms with van der Waals surface area (Å²) >= 11 is 1.34. The van der Waals surface area contributed by atoms with E-state index in [9.17, 15) is 4.79 Å². The molecule has 8 heteroatoms. The molecule has 0 saturated carbocycles. The van der Waals surface area contributed by atoms with Gasteiger partial charge in [-0.25, -0.2) is 4.98 Å². The van der Waals surface area contributed by atoms with Crippen molar-refractivity contribution in [3.8, 4) is 0 Å². The molecule has 2 rings (SSSR count). The molecule has 21 heavy (non-hydrogen) atoms. The van der Waals surface area contributed by atoms with Crippen molar-refractivity contribution in [2.75, 3.05) is 51.1 Å². The summed E-state index contributed by atoms with van der Waals surface area (Å²) in [5.74, 6) is 0.0775. The van der Waals surface area contributed by atoms with Gasteiger partial charge >= 0.3 is 0 Å². The van der Waals surface area contributed by atoms with E-state index >= 15 is 0 Å². The number of nitrogen functional groups attached to an aromatic ring is 1. The summed E-state index contributed by atoms with van der Waals surface area (Å²) in [5.41, 5.74) is 5.86. The lowest BCUT2D eigenvalue weighted by Gasteiger charge is -2.14. The molecular weight excluding hydrogens is 292 g/mol. The van der Waals surface area contributed by atoms with Crippen molar-refractivity contribution >= 4 is 28.2 Å². The first-order valence-electron chi connectivity index (χ1n) is 6.97. The van der Waals surface area contributed by atoms with E-state index in [1.807, 2.05) is 0 Å². The molecule has 1 saturated heterocycles. The number of hydrogen-bond acceptors (Lipinski definition) is 7. The molecule has 0 bridgehead atoms. The first-order valence-corrected chi connectivity index (χ1v) is 7.78. The monoisotopic (exact) mass is 314 g/mol. The van der Waals surface area contributed by atoms with Gasteiger partial charge in [0.05, 0.1) is 12.7 Å². The lowest BCUT2D eigenvalue weighted by Crippen LogP contribution is -2.35. The number of carbonyl (C=O) groups excluding carboxylic acids is 1. The van der Waals surface area contributed by atoms with E-state index < -0.39 is 0 Å². The Bertz CT molecular complexity index is 474. The predicted octanol–water partition coefficient (Wildman–Crippen LogP) is 0.717. The first-order chi connectivity index (χ1) is 10.2. The second-order valence-electron chi connectivity index (χ2n) is 4.93. The van der Waals surface area contributed by atoms with Crippen molar-refractivity contribution in [3.05, 3.63) is 4.88 Å². The SMILES string of the molecule is COCC(CNC(=O)c1sc(N2CCCC2)nc1N)OC. The topological polar surface area (TPSA) is 89.7 Å². The molecule has 0 spiro atoms. The molecule has 1 fully saturated rings. The fourth-order valence-electron chi connectivity index (χ4n) is 2.21. The number of aromatic nitrogens is 1. The van der Waals surface area contributed by atoms with E-state index in [-0.39, 0.29) is 12.0 Å². The fourth-order valence-corrected chi connectivity index (χ4v) is 3.16. The molecule has 0 radical (unpaired) electrons. The zero-order valence-electron chi connectivity index (χ0n) is 12.4. The average Bonchev–Trinajstić information content (AvgIpc) is 3.12. The van der Waals surface area contributed by atoms with Crippen LogP contribution in [-0.4, -0.2) is 57.5 Å². The minimum Gasteiger partial charge on any atom is -0.382 e. The number of methoxy groups -OCH3 is 2. The predicted molar refractivity (Wildman–Crippen MR) is 83.0 cm³/mol. The third-order valence-corrected chi connectivity index (χ3v) is 4.53. The third-order valence-electron chi connectivity index (χ3n) is 3.40. The standard InChI is InChI=1S/C13H22N4O3S/c1-19-8-9(20-2)7-15-12(18)10-11(14)16-13(21-10)17-5-3-4-6-17/h9H,3-8,14H2,1-2H3,(H,15,18). The van der Waals surface area contributed by atoms with Crippen LogP contribution < -0.4 is 16.0 Å².